The minimum absolute atomic E-state index is 0. The molecule has 0 heterocycles. The van der Waals surface area contributed by atoms with Gasteiger partial charge in [0.15, 0.2) is 5.96 Å². The van der Waals surface area contributed by atoms with Crippen LogP contribution in [0.4, 0.5) is 0 Å². The van der Waals surface area contributed by atoms with Crippen molar-refractivity contribution in [2.75, 3.05) is 33.9 Å². The Kier molecular flexibility index (Phi) is 10.3. The predicted molar refractivity (Wildman–Crippen MR) is 119 cm³/mol. The maximum atomic E-state index is 5.35. The van der Waals surface area contributed by atoms with Crippen molar-refractivity contribution < 1.29 is 9.47 Å². The van der Waals surface area contributed by atoms with E-state index in [-0.39, 0.29) is 24.0 Å². The van der Waals surface area contributed by atoms with E-state index in [4.69, 9.17) is 14.5 Å². The Balaban J connectivity index is 0.00000338. The van der Waals surface area contributed by atoms with E-state index in [9.17, 15) is 0 Å². The molecule has 2 N–H and O–H groups in total. The van der Waals surface area contributed by atoms with Crippen LogP contribution >= 0.6 is 24.0 Å². The zero-order valence-electron chi connectivity index (χ0n) is 16.6. The van der Waals surface area contributed by atoms with Gasteiger partial charge in [-0.05, 0) is 61.8 Å². The van der Waals surface area contributed by atoms with Crippen molar-refractivity contribution in [3.8, 4) is 5.75 Å². The molecule has 1 aromatic rings. The topological polar surface area (TPSA) is 54.9 Å². The molecule has 1 aliphatic rings. The van der Waals surface area contributed by atoms with Crippen LogP contribution in [-0.4, -0.2) is 39.9 Å². The van der Waals surface area contributed by atoms with Gasteiger partial charge in [0.2, 0.25) is 0 Å². The van der Waals surface area contributed by atoms with Gasteiger partial charge in [-0.15, -0.1) is 24.0 Å². The number of halogens is 1. The molecule has 1 fully saturated rings. The summed E-state index contributed by atoms with van der Waals surface area (Å²) in [6.07, 6.45) is 4.99. The number of hydrogen-bond donors (Lipinski definition) is 2. The molecule has 0 aliphatic heterocycles. The van der Waals surface area contributed by atoms with Crippen LogP contribution in [0, 0.1) is 12.3 Å². The minimum atomic E-state index is 0. The molecule has 0 saturated heterocycles. The molecule has 2 rings (SSSR count). The van der Waals surface area contributed by atoms with Gasteiger partial charge < -0.3 is 20.1 Å². The summed E-state index contributed by atoms with van der Waals surface area (Å²) in [6.45, 7) is 7.45. The van der Waals surface area contributed by atoms with Crippen molar-refractivity contribution in [3.05, 3.63) is 29.3 Å². The quantitative estimate of drug-likeness (QED) is 0.324. The first kappa shape index (κ1) is 23.0. The minimum Gasteiger partial charge on any atom is -0.497 e. The van der Waals surface area contributed by atoms with Gasteiger partial charge in [0.05, 0.1) is 13.7 Å². The summed E-state index contributed by atoms with van der Waals surface area (Å²) in [5, 5.41) is 6.89. The molecule has 1 aromatic carbocycles. The van der Waals surface area contributed by atoms with Crippen LogP contribution < -0.4 is 15.4 Å². The van der Waals surface area contributed by atoms with Crippen LogP contribution in [0.25, 0.3) is 0 Å². The summed E-state index contributed by atoms with van der Waals surface area (Å²) in [7, 11) is 3.48. The van der Waals surface area contributed by atoms with E-state index in [1.165, 1.54) is 24.8 Å². The zero-order chi connectivity index (χ0) is 18.1. The summed E-state index contributed by atoms with van der Waals surface area (Å²) in [6, 6.07) is 6.24. The van der Waals surface area contributed by atoms with E-state index in [1.807, 2.05) is 12.1 Å². The molecule has 6 heteroatoms. The second kappa shape index (κ2) is 11.6. The average Bonchev–Trinajstić information content (AvgIpc) is 2.57. The molecular weight excluding hydrogens is 441 g/mol. The fourth-order valence-electron chi connectivity index (χ4n) is 3.33. The van der Waals surface area contributed by atoms with Crippen molar-refractivity contribution in [3.63, 3.8) is 0 Å². The van der Waals surface area contributed by atoms with Gasteiger partial charge in [-0.3, -0.25) is 0 Å². The molecule has 0 aromatic heterocycles. The first-order valence-electron chi connectivity index (χ1n) is 9.26. The average molecular weight is 475 g/mol. The molecule has 5 nitrogen and oxygen atoms in total. The molecule has 1 saturated carbocycles. The Morgan fingerprint density at radius 3 is 2.54 bits per heavy atom. The Morgan fingerprint density at radius 1 is 1.19 bits per heavy atom. The smallest absolute Gasteiger partial charge is 0.191 e. The number of aryl methyl sites for hydroxylation is 1. The van der Waals surface area contributed by atoms with Crippen molar-refractivity contribution in [2.45, 2.75) is 46.1 Å². The van der Waals surface area contributed by atoms with Crippen molar-refractivity contribution in [2.24, 2.45) is 10.4 Å². The normalized spacial score (nSPS) is 15.6. The first-order chi connectivity index (χ1) is 12.1. The van der Waals surface area contributed by atoms with Gasteiger partial charge in [-0.25, -0.2) is 4.99 Å². The zero-order valence-corrected chi connectivity index (χ0v) is 18.9. The third-order valence-corrected chi connectivity index (χ3v) is 4.99. The van der Waals surface area contributed by atoms with Gasteiger partial charge in [-0.2, -0.15) is 0 Å². The highest BCUT2D eigenvalue weighted by Crippen LogP contribution is 2.43. The van der Waals surface area contributed by atoms with Crippen molar-refractivity contribution in [1.29, 1.82) is 0 Å². The SMILES string of the molecule is CCNC(=NCc1cc(C)cc(OC)c1)NCC1(CCOC)CCC1.I. The number of aliphatic imine (C=N–C) groups is 1. The Hall–Kier alpha value is -1.02. The molecule has 0 unspecified atom stereocenters. The van der Waals surface area contributed by atoms with E-state index in [0.717, 1.165) is 43.4 Å². The maximum Gasteiger partial charge on any atom is 0.191 e. The molecule has 0 bridgehead atoms. The van der Waals surface area contributed by atoms with Crippen LogP contribution in [0.3, 0.4) is 0 Å². The van der Waals surface area contributed by atoms with E-state index in [2.05, 4.69) is 30.5 Å². The Bertz CT molecular complexity index is 574. The van der Waals surface area contributed by atoms with Crippen LogP contribution in [-0.2, 0) is 11.3 Å². The van der Waals surface area contributed by atoms with Gasteiger partial charge in [-0.1, -0.05) is 12.5 Å². The number of methoxy groups -OCH3 is 2. The monoisotopic (exact) mass is 475 g/mol. The number of ether oxygens (including phenoxy) is 2. The number of nitrogens with one attached hydrogen (secondary N) is 2. The fraction of sp³-hybridized carbons (Fsp3) is 0.650. The van der Waals surface area contributed by atoms with Crippen LogP contribution in [0.1, 0.15) is 43.7 Å². The molecule has 26 heavy (non-hydrogen) atoms. The molecular formula is C20H34IN3O2. The second-order valence-corrected chi connectivity index (χ2v) is 7.00. The van der Waals surface area contributed by atoms with Gasteiger partial charge >= 0.3 is 0 Å². The molecule has 0 atom stereocenters. The third-order valence-electron chi connectivity index (χ3n) is 4.99. The van der Waals surface area contributed by atoms with Crippen LogP contribution in [0.5, 0.6) is 5.75 Å². The Labute approximate surface area is 175 Å². The van der Waals surface area contributed by atoms with E-state index < -0.39 is 0 Å². The molecule has 1 aliphatic carbocycles. The lowest BCUT2D eigenvalue weighted by Gasteiger charge is -2.42. The van der Waals surface area contributed by atoms with Crippen LogP contribution in [0.2, 0.25) is 0 Å². The number of nitrogens with zero attached hydrogens (tertiary/aromatic N) is 1. The van der Waals surface area contributed by atoms with E-state index >= 15 is 0 Å². The van der Waals surface area contributed by atoms with Gasteiger partial charge in [0, 0.05) is 26.8 Å². The molecule has 148 valence electrons. The van der Waals surface area contributed by atoms with E-state index in [0.29, 0.717) is 12.0 Å². The molecule has 0 amide bonds. The molecule has 0 spiro atoms. The van der Waals surface area contributed by atoms with E-state index in [1.54, 1.807) is 14.2 Å². The highest BCUT2D eigenvalue weighted by atomic mass is 127. The number of hydrogen-bond acceptors (Lipinski definition) is 3. The lowest BCUT2D eigenvalue weighted by Crippen LogP contribution is -2.46. The van der Waals surface area contributed by atoms with Gasteiger partial charge in [0.25, 0.3) is 0 Å². The summed E-state index contributed by atoms with van der Waals surface area (Å²) in [4.78, 5) is 4.75. The standard InChI is InChI=1S/C20H33N3O2.HI/c1-5-21-19(23-15-20(7-6-8-20)9-10-24-3)22-14-17-11-16(2)12-18(13-17)25-4;/h11-13H,5-10,14-15H2,1-4H3,(H2,21,22,23);1H. The summed E-state index contributed by atoms with van der Waals surface area (Å²) in [5.74, 6) is 1.77. The second-order valence-electron chi connectivity index (χ2n) is 7.00. The fourth-order valence-corrected chi connectivity index (χ4v) is 3.33. The summed E-state index contributed by atoms with van der Waals surface area (Å²) < 4.78 is 10.6. The lowest BCUT2D eigenvalue weighted by molar-refractivity contribution is 0.0732. The molecule has 0 radical (unpaired) electrons. The highest BCUT2D eigenvalue weighted by Gasteiger charge is 2.36. The Morgan fingerprint density at radius 2 is 1.96 bits per heavy atom. The van der Waals surface area contributed by atoms with Crippen LogP contribution in [0.15, 0.2) is 23.2 Å². The predicted octanol–water partition coefficient (Wildman–Crippen LogP) is 3.88. The van der Waals surface area contributed by atoms with Gasteiger partial charge in [0.1, 0.15) is 5.75 Å². The largest absolute Gasteiger partial charge is 0.497 e. The number of guanidine groups is 1. The third kappa shape index (κ3) is 6.95. The van der Waals surface area contributed by atoms with Crippen molar-refractivity contribution in [1.82, 2.24) is 10.6 Å². The summed E-state index contributed by atoms with van der Waals surface area (Å²) >= 11 is 0. The first-order valence-corrected chi connectivity index (χ1v) is 9.26. The summed E-state index contributed by atoms with van der Waals surface area (Å²) in [5.41, 5.74) is 2.72. The number of rotatable bonds is 9. The highest BCUT2D eigenvalue weighted by molar-refractivity contribution is 14.0. The maximum absolute atomic E-state index is 5.35. The lowest BCUT2D eigenvalue weighted by atomic mass is 9.67. The van der Waals surface area contributed by atoms with Crippen molar-refractivity contribution >= 4 is 29.9 Å². The number of benzene rings is 1.